The first-order valence-electron chi connectivity index (χ1n) is 8.55. The molecule has 0 fully saturated rings. The average molecular weight is 371 g/mol. The van der Waals surface area contributed by atoms with Crippen molar-refractivity contribution in [2.45, 2.75) is 34.2 Å². The van der Waals surface area contributed by atoms with Gasteiger partial charge in [-0.1, -0.05) is 26.0 Å². The lowest BCUT2D eigenvalue weighted by atomic mass is 10.2. The van der Waals surface area contributed by atoms with Crippen LogP contribution in [0.3, 0.4) is 0 Å². The number of carbonyl (C=O) groups is 2. The Balaban J connectivity index is 2.27. The highest BCUT2D eigenvalue weighted by atomic mass is 19.1. The van der Waals surface area contributed by atoms with Gasteiger partial charge in [-0.05, 0) is 37.1 Å². The van der Waals surface area contributed by atoms with Gasteiger partial charge >= 0.3 is 5.97 Å². The highest BCUT2D eigenvalue weighted by Crippen LogP contribution is 2.27. The number of hydrogen-bond acceptors (Lipinski definition) is 4. The lowest BCUT2D eigenvalue weighted by Crippen LogP contribution is -2.24. The molecule has 1 N–H and O–H groups in total. The molecule has 0 radical (unpaired) electrons. The lowest BCUT2D eigenvalue weighted by molar-refractivity contribution is -0.150. The Bertz CT molecular complexity index is 893. The molecular formula is C20H22FN3O3. The van der Waals surface area contributed by atoms with Crippen molar-refractivity contribution in [2.75, 3.05) is 11.9 Å². The topological polar surface area (TPSA) is 84.1 Å². The van der Waals surface area contributed by atoms with Crippen molar-refractivity contribution in [1.29, 1.82) is 5.26 Å². The van der Waals surface area contributed by atoms with Crippen molar-refractivity contribution >= 4 is 17.7 Å². The average Bonchev–Trinajstić information content (AvgIpc) is 2.85. The van der Waals surface area contributed by atoms with Crippen molar-refractivity contribution in [3.8, 4) is 6.07 Å². The molecule has 1 aromatic carbocycles. The van der Waals surface area contributed by atoms with Crippen LogP contribution in [0.2, 0.25) is 0 Å². The van der Waals surface area contributed by atoms with Crippen LogP contribution in [0.25, 0.3) is 0 Å². The molecule has 0 bridgehead atoms. The van der Waals surface area contributed by atoms with Gasteiger partial charge in [-0.3, -0.25) is 9.59 Å². The lowest BCUT2D eigenvalue weighted by Gasteiger charge is -2.14. The monoisotopic (exact) mass is 371 g/mol. The Labute approximate surface area is 157 Å². The van der Waals surface area contributed by atoms with E-state index in [2.05, 4.69) is 11.4 Å². The van der Waals surface area contributed by atoms with E-state index in [9.17, 15) is 19.2 Å². The number of hydrogen-bond donors (Lipinski definition) is 1. The van der Waals surface area contributed by atoms with Crippen molar-refractivity contribution in [2.24, 2.45) is 5.92 Å². The molecule has 2 aromatic rings. The molecule has 1 amide bonds. The summed E-state index contributed by atoms with van der Waals surface area (Å²) in [5.41, 5.74) is 2.72. The standard InChI is InChI=1S/C20H22FN3O3/c1-12(2)20(26)27-11-18(25)23-19-17(9-22)13(3)14(4)24(19)10-15-5-7-16(21)8-6-15/h5-8,12H,10-11H2,1-4H3,(H,23,25). The maximum atomic E-state index is 13.1. The van der Waals surface area contributed by atoms with Crippen LogP contribution in [0.4, 0.5) is 10.2 Å². The van der Waals surface area contributed by atoms with Gasteiger partial charge in [-0.25, -0.2) is 4.39 Å². The summed E-state index contributed by atoms with van der Waals surface area (Å²) >= 11 is 0. The van der Waals surface area contributed by atoms with Crippen molar-refractivity contribution in [3.05, 3.63) is 52.5 Å². The zero-order chi connectivity index (χ0) is 20.1. The number of halogens is 1. The zero-order valence-electron chi connectivity index (χ0n) is 15.8. The van der Waals surface area contributed by atoms with Gasteiger partial charge in [0.05, 0.1) is 11.5 Å². The predicted molar refractivity (Wildman–Crippen MR) is 98.5 cm³/mol. The zero-order valence-corrected chi connectivity index (χ0v) is 15.8. The quantitative estimate of drug-likeness (QED) is 0.790. The SMILES string of the molecule is Cc1c(C#N)c(NC(=O)COC(=O)C(C)C)n(Cc2ccc(F)cc2)c1C. The second-order valence-electron chi connectivity index (χ2n) is 6.57. The predicted octanol–water partition coefficient (Wildman–Crippen LogP) is 3.30. The van der Waals surface area contributed by atoms with Crippen molar-refractivity contribution in [1.82, 2.24) is 4.57 Å². The summed E-state index contributed by atoms with van der Waals surface area (Å²) < 4.78 is 19.9. The minimum absolute atomic E-state index is 0.334. The molecule has 6 nitrogen and oxygen atoms in total. The van der Waals surface area contributed by atoms with Gasteiger partial charge in [0.15, 0.2) is 6.61 Å². The molecule has 1 aromatic heterocycles. The van der Waals surface area contributed by atoms with Gasteiger partial charge in [0.25, 0.3) is 5.91 Å². The largest absolute Gasteiger partial charge is 0.455 e. The van der Waals surface area contributed by atoms with Crippen molar-refractivity contribution in [3.63, 3.8) is 0 Å². The Morgan fingerprint density at radius 1 is 1.26 bits per heavy atom. The molecule has 0 spiro atoms. The number of carbonyl (C=O) groups excluding carboxylic acids is 2. The van der Waals surface area contributed by atoms with E-state index in [4.69, 9.17) is 4.74 Å². The molecule has 0 aliphatic heterocycles. The molecule has 0 atom stereocenters. The number of anilines is 1. The first-order chi connectivity index (χ1) is 12.7. The maximum Gasteiger partial charge on any atom is 0.308 e. The highest BCUT2D eigenvalue weighted by Gasteiger charge is 2.20. The van der Waals surface area contributed by atoms with E-state index in [0.29, 0.717) is 17.9 Å². The molecule has 2 rings (SSSR count). The fourth-order valence-corrected chi connectivity index (χ4v) is 2.57. The van der Waals surface area contributed by atoms with Crippen LogP contribution in [-0.2, 0) is 20.9 Å². The van der Waals surface area contributed by atoms with E-state index in [0.717, 1.165) is 16.8 Å². The summed E-state index contributed by atoms with van der Waals surface area (Å²) in [4.78, 5) is 23.7. The smallest absolute Gasteiger partial charge is 0.308 e. The third-order valence-corrected chi connectivity index (χ3v) is 4.27. The molecule has 142 valence electrons. The van der Waals surface area contributed by atoms with Crippen LogP contribution >= 0.6 is 0 Å². The summed E-state index contributed by atoms with van der Waals surface area (Å²) in [6, 6.07) is 8.11. The normalized spacial score (nSPS) is 10.6. The number of nitrogens with one attached hydrogen (secondary N) is 1. The van der Waals surface area contributed by atoms with Crippen LogP contribution in [0.1, 0.15) is 36.2 Å². The van der Waals surface area contributed by atoms with Gasteiger partial charge in [-0.2, -0.15) is 5.26 Å². The van der Waals surface area contributed by atoms with Crippen LogP contribution in [0.15, 0.2) is 24.3 Å². The fourth-order valence-electron chi connectivity index (χ4n) is 2.57. The van der Waals surface area contributed by atoms with E-state index in [1.807, 2.05) is 6.92 Å². The summed E-state index contributed by atoms with van der Waals surface area (Å²) in [6.45, 7) is 6.92. The van der Waals surface area contributed by atoms with Gasteiger partial charge in [-0.15, -0.1) is 0 Å². The number of benzene rings is 1. The molecule has 0 unspecified atom stereocenters. The van der Waals surface area contributed by atoms with Crippen LogP contribution in [-0.4, -0.2) is 23.1 Å². The molecule has 7 heteroatoms. The summed E-state index contributed by atoms with van der Waals surface area (Å²) in [5, 5.41) is 12.2. The Hall–Kier alpha value is -3.14. The van der Waals surface area contributed by atoms with Crippen LogP contribution in [0.5, 0.6) is 0 Å². The number of nitrogens with zero attached hydrogens (tertiary/aromatic N) is 2. The minimum Gasteiger partial charge on any atom is -0.455 e. The third kappa shape index (κ3) is 4.73. The maximum absolute atomic E-state index is 13.1. The number of nitriles is 1. The van der Waals surface area contributed by atoms with Crippen LogP contribution in [0, 0.1) is 36.9 Å². The van der Waals surface area contributed by atoms with E-state index in [1.165, 1.54) is 12.1 Å². The third-order valence-electron chi connectivity index (χ3n) is 4.27. The number of rotatable bonds is 6. The van der Waals surface area contributed by atoms with E-state index in [1.54, 1.807) is 37.5 Å². The van der Waals surface area contributed by atoms with Crippen molar-refractivity contribution < 1.29 is 18.7 Å². The van der Waals surface area contributed by atoms with Gasteiger partial charge in [0, 0.05) is 12.2 Å². The first kappa shape index (κ1) is 20.2. The number of aromatic nitrogens is 1. The Kier molecular flexibility index (Phi) is 6.35. The number of esters is 1. The van der Waals surface area contributed by atoms with Gasteiger partial charge in [0.2, 0.25) is 0 Å². The first-order valence-corrected chi connectivity index (χ1v) is 8.55. The van der Waals surface area contributed by atoms with E-state index in [-0.39, 0.29) is 11.7 Å². The molecule has 0 aliphatic carbocycles. The van der Waals surface area contributed by atoms with Gasteiger partial charge in [0.1, 0.15) is 17.7 Å². The molecule has 0 aliphatic rings. The van der Waals surface area contributed by atoms with Crippen LogP contribution < -0.4 is 5.32 Å². The molecule has 1 heterocycles. The molecule has 27 heavy (non-hydrogen) atoms. The van der Waals surface area contributed by atoms with Gasteiger partial charge < -0.3 is 14.6 Å². The summed E-state index contributed by atoms with van der Waals surface area (Å²) in [6.07, 6.45) is 0. The second kappa shape index (κ2) is 8.49. The van der Waals surface area contributed by atoms with E-state index < -0.39 is 18.5 Å². The van der Waals surface area contributed by atoms with E-state index >= 15 is 0 Å². The summed E-state index contributed by atoms with van der Waals surface area (Å²) in [5.74, 6) is -1.34. The second-order valence-corrected chi connectivity index (χ2v) is 6.57. The minimum atomic E-state index is -0.529. The Morgan fingerprint density at radius 2 is 1.89 bits per heavy atom. The Morgan fingerprint density at radius 3 is 2.44 bits per heavy atom. The fraction of sp³-hybridized carbons (Fsp3) is 0.350. The molecule has 0 saturated carbocycles. The molecule has 0 saturated heterocycles. The number of ether oxygens (including phenoxy) is 1. The highest BCUT2D eigenvalue weighted by molar-refractivity contribution is 5.93. The number of amides is 1. The molecular weight excluding hydrogens is 349 g/mol. The summed E-state index contributed by atoms with van der Waals surface area (Å²) in [7, 11) is 0.